The number of hydrogen-bond donors (Lipinski definition) is 0. The van der Waals surface area contributed by atoms with Crippen molar-refractivity contribution in [1.29, 1.82) is 0 Å². The number of rotatable bonds is 4. The lowest BCUT2D eigenvalue weighted by Gasteiger charge is -2.40. The number of halogens is 1. The third-order valence-electron chi connectivity index (χ3n) is 3.86. The molecule has 0 radical (unpaired) electrons. The van der Waals surface area contributed by atoms with Crippen LogP contribution in [0.3, 0.4) is 0 Å². The summed E-state index contributed by atoms with van der Waals surface area (Å²) >= 11 is 2.28. The molecule has 1 atom stereocenters. The van der Waals surface area contributed by atoms with Gasteiger partial charge in [0.05, 0.1) is 0 Å². The third kappa shape index (κ3) is 6.12. The summed E-state index contributed by atoms with van der Waals surface area (Å²) in [5.74, 6) is 0.905. The number of carbonyl (C=O) groups is 1. The Bertz CT molecular complexity index is 559. The van der Waals surface area contributed by atoms with Crippen LogP contribution in [0.15, 0.2) is 24.3 Å². The SMILES string of the molecule is C[C@H]1CN(C(=O)OC(C)(C)C)CCN1CCOc1cccc(I)c1. The molecule has 1 fully saturated rings. The highest BCUT2D eigenvalue weighted by Crippen LogP contribution is 2.16. The third-order valence-corrected chi connectivity index (χ3v) is 4.53. The molecule has 0 aliphatic carbocycles. The molecule has 1 aliphatic heterocycles. The van der Waals surface area contributed by atoms with Gasteiger partial charge >= 0.3 is 6.09 Å². The minimum Gasteiger partial charge on any atom is -0.492 e. The van der Waals surface area contributed by atoms with Gasteiger partial charge in [0, 0.05) is 35.8 Å². The standard InChI is InChI=1S/C18H27IN2O3/c1-14-13-21(17(22)24-18(2,3)4)9-8-20(14)10-11-23-16-7-5-6-15(19)12-16/h5-7,12,14H,8-11,13H2,1-4H3/t14-/m0/s1. The van der Waals surface area contributed by atoms with Crippen molar-refractivity contribution in [3.05, 3.63) is 27.8 Å². The molecule has 2 rings (SSSR count). The highest BCUT2D eigenvalue weighted by Gasteiger charge is 2.29. The van der Waals surface area contributed by atoms with Crippen molar-refractivity contribution in [2.45, 2.75) is 39.3 Å². The zero-order chi connectivity index (χ0) is 17.7. The summed E-state index contributed by atoms with van der Waals surface area (Å²) in [6, 6.07) is 8.35. The van der Waals surface area contributed by atoms with Gasteiger partial charge in [-0.3, -0.25) is 4.90 Å². The van der Waals surface area contributed by atoms with Crippen LogP contribution in [0.4, 0.5) is 4.79 Å². The molecular formula is C18H27IN2O3. The van der Waals surface area contributed by atoms with E-state index in [2.05, 4.69) is 34.4 Å². The van der Waals surface area contributed by atoms with Crippen LogP contribution in [0.1, 0.15) is 27.7 Å². The lowest BCUT2D eigenvalue weighted by Crippen LogP contribution is -2.55. The molecule has 1 aromatic rings. The molecule has 0 saturated carbocycles. The molecule has 6 heteroatoms. The lowest BCUT2D eigenvalue weighted by atomic mass is 10.2. The molecule has 0 spiro atoms. The van der Waals surface area contributed by atoms with Gasteiger partial charge in [0.25, 0.3) is 0 Å². The highest BCUT2D eigenvalue weighted by atomic mass is 127. The topological polar surface area (TPSA) is 42.0 Å². The Morgan fingerprint density at radius 1 is 1.33 bits per heavy atom. The predicted octanol–water partition coefficient (Wildman–Crippen LogP) is 3.61. The average molecular weight is 446 g/mol. The average Bonchev–Trinajstić information content (AvgIpc) is 2.47. The summed E-state index contributed by atoms with van der Waals surface area (Å²) < 4.78 is 12.5. The number of benzene rings is 1. The summed E-state index contributed by atoms with van der Waals surface area (Å²) in [4.78, 5) is 16.3. The first-order valence-electron chi connectivity index (χ1n) is 8.35. The van der Waals surface area contributed by atoms with Crippen LogP contribution in [0, 0.1) is 3.57 Å². The Balaban J connectivity index is 1.76. The monoisotopic (exact) mass is 446 g/mol. The van der Waals surface area contributed by atoms with Crippen molar-refractivity contribution in [1.82, 2.24) is 9.80 Å². The van der Waals surface area contributed by atoms with Crippen LogP contribution in [0.25, 0.3) is 0 Å². The minimum absolute atomic E-state index is 0.218. The molecule has 0 unspecified atom stereocenters. The highest BCUT2D eigenvalue weighted by molar-refractivity contribution is 14.1. The minimum atomic E-state index is -0.446. The number of piperazine rings is 1. The van der Waals surface area contributed by atoms with Crippen molar-refractivity contribution in [2.75, 3.05) is 32.8 Å². The van der Waals surface area contributed by atoms with Crippen LogP contribution < -0.4 is 4.74 Å². The van der Waals surface area contributed by atoms with Crippen LogP contribution in [-0.2, 0) is 4.74 Å². The molecule has 5 nitrogen and oxygen atoms in total. The maximum atomic E-state index is 12.2. The zero-order valence-corrected chi connectivity index (χ0v) is 17.1. The second kappa shape index (κ2) is 8.38. The van der Waals surface area contributed by atoms with E-state index in [1.807, 2.05) is 45.0 Å². The van der Waals surface area contributed by atoms with E-state index < -0.39 is 5.60 Å². The van der Waals surface area contributed by atoms with E-state index in [-0.39, 0.29) is 6.09 Å². The molecule has 24 heavy (non-hydrogen) atoms. The number of nitrogens with zero attached hydrogens (tertiary/aromatic N) is 2. The first-order chi connectivity index (χ1) is 11.2. The molecule has 1 heterocycles. The maximum absolute atomic E-state index is 12.2. The molecule has 134 valence electrons. The fourth-order valence-electron chi connectivity index (χ4n) is 2.66. The molecule has 1 saturated heterocycles. The normalized spacial score (nSPS) is 19.2. The Kier molecular flexibility index (Phi) is 6.74. The van der Waals surface area contributed by atoms with Gasteiger partial charge in [0.15, 0.2) is 0 Å². The van der Waals surface area contributed by atoms with E-state index in [1.165, 1.54) is 3.57 Å². The second-order valence-electron chi connectivity index (χ2n) is 7.12. The van der Waals surface area contributed by atoms with Gasteiger partial charge in [-0.25, -0.2) is 4.79 Å². The number of amides is 1. The fourth-order valence-corrected chi connectivity index (χ4v) is 3.17. The van der Waals surface area contributed by atoms with Crippen LogP contribution >= 0.6 is 22.6 Å². The van der Waals surface area contributed by atoms with E-state index >= 15 is 0 Å². The van der Waals surface area contributed by atoms with Gasteiger partial charge in [-0.05, 0) is 68.5 Å². The molecule has 1 amide bonds. The van der Waals surface area contributed by atoms with E-state index in [4.69, 9.17) is 9.47 Å². The van der Waals surface area contributed by atoms with Gasteiger partial charge in [-0.1, -0.05) is 6.07 Å². The summed E-state index contributed by atoms with van der Waals surface area (Å²) in [5, 5.41) is 0. The molecule has 0 bridgehead atoms. The Hall–Kier alpha value is -1.02. The Morgan fingerprint density at radius 3 is 2.71 bits per heavy atom. The predicted molar refractivity (Wildman–Crippen MR) is 103 cm³/mol. The van der Waals surface area contributed by atoms with Crippen molar-refractivity contribution >= 4 is 28.7 Å². The second-order valence-corrected chi connectivity index (χ2v) is 8.36. The quantitative estimate of drug-likeness (QED) is 0.663. The molecule has 1 aromatic carbocycles. The smallest absolute Gasteiger partial charge is 0.410 e. The van der Waals surface area contributed by atoms with Gasteiger partial charge in [-0.15, -0.1) is 0 Å². The fraction of sp³-hybridized carbons (Fsp3) is 0.611. The van der Waals surface area contributed by atoms with Gasteiger partial charge in [0.2, 0.25) is 0 Å². The van der Waals surface area contributed by atoms with Crippen LogP contribution in [-0.4, -0.2) is 60.3 Å². The number of ether oxygens (including phenoxy) is 2. The number of hydrogen-bond acceptors (Lipinski definition) is 4. The molecular weight excluding hydrogens is 419 g/mol. The maximum Gasteiger partial charge on any atom is 0.410 e. The van der Waals surface area contributed by atoms with Crippen molar-refractivity contribution in [3.63, 3.8) is 0 Å². The molecule has 0 N–H and O–H groups in total. The van der Waals surface area contributed by atoms with E-state index in [0.717, 1.165) is 18.8 Å². The molecule has 0 aromatic heterocycles. The summed E-state index contributed by atoms with van der Waals surface area (Å²) in [6.07, 6.45) is -0.218. The van der Waals surface area contributed by atoms with Gasteiger partial charge < -0.3 is 14.4 Å². The van der Waals surface area contributed by atoms with Crippen molar-refractivity contribution in [2.24, 2.45) is 0 Å². The summed E-state index contributed by atoms with van der Waals surface area (Å²) in [6.45, 7) is 11.6. The van der Waals surface area contributed by atoms with Gasteiger partial charge in [-0.2, -0.15) is 0 Å². The summed E-state index contributed by atoms with van der Waals surface area (Å²) in [7, 11) is 0. The first kappa shape index (κ1) is 19.3. The lowest BCUT2D eigenvalue weighted by molar-refractivity contribution is 0.00430. The van der Waals surface area contributed by atoms with E-state index in [9.17, 15) is 4.79 Å². The largest absolute Gasteiger partial charge is 0.492 e. The van der Waals surface area contributed by atoms with Crippen molar-refractivity contribution < 1.29 is 14.3 Å². The van der Waals surface area contributed by atoms with Crippen molar-refractivity contribution in [3.8, 4) is 5.75 Å². The Morgan fingerprint density at radius 2 is 2.08 bits per heavy atom. The van der Waals surface area contributed by atoms with Gasteiger partial charge in [0.1, 0.15) is 18.0 Å². The molecule has 1 aliphatic rings. The zero-order valence-electron chi connectivity index (χ0n) is 14.9. The van der Waals surface area contributed by atoms with E-state index in [1.54, 1.807) is 4.90 Å². The Labute approximate surface area is 158 Å². The van der Waals surface area contributed by atoms with Crippen LogP contribution in [0.2, 0.25) is 0 Å². The van der Waals surface area contributed by atoms with Crippen LogP contribution in [0.5, 0.6) is 5.75 Å². The number of carbonyl (C=O) groups excluding carboxylic acids is 1. The van der Waals surface area contributed by atoms with E-state index in [0.29, 0.717) is 25.7 Å². The summed E-state index contributed by atoms with van der Waals surface area (Å²) in [5.41, 5.74) is -0.446. The first-order valence-corrected chi connectivity index (χ1v) is 9.43.